The first-order chi connectivity index (χ1) is 14.5. The van der Waals surface area contributed by atoms with Gasteiger partial charge in [-0.1, -0.05) is 6.07 Å². The van der Waals surface area contributed by atoms with Gasteiger partial charge in [-0.15, -0.1) is 0 Å². The number of aromatic nitrogens is 1. The summed E-state index contributed by atoms with van der Waals surface area (Å²) in [5.41, 5.74) is 2.20. The van der Waals surface area contributed by atoms with Crippen LogP contribution in [0.25, 0.3) is 10.9 Å². The molecule has 0 aliphatic heterocycles. The van der Waals surface area contributed by atoms with Crippen molar-refractivity contribution >= 4 is 28.2 Å². The molecule has 0 saturated carbocycles. The van der Waals surface area contributed by atoms with E-state index in [9.17, 15) is 15.0 Å². The number of aromatic hydroxyl groups is 1. The third-order valence-corrected chi connectivity index (χ3v) is 4.61. The van der Waals surface area contributed by atoms with Crippen molar-refractivity contribution in [2.45, 2.75) is 13.3 Å². The molecule has 0 saturated heterocycles. The molecule has 8 heteroatoms. The summed E-state index contributed by atoms with van der Waals surface area (Å²) in [6.07, 6.45) is 2.43. The van der Waals surface area contributed by atoms with E-state index in [-0.39, 0.29) is 17.0 Å². The zero-order chi connectivity index (χ0) is 21.7. The Labute approximate surface area is 174 Å². The first-order valence-corrected chi connectivity index (χ1v) is 9.37. The average Bonchev–Trinajstić information content (AvgIpc) is 2.72. The van der Waals surface area contributed by atoms with Crippen LogP contribution in [-0.2, 0) is 4.74 Å². The van der Waals surface area contributed by atoms with Crippen LogP contribution in [0.2, 0.25) is 0 Å². The van der Waals surface area contributed by atoms with Crippen molar-refractivity contribution in [3.63, 3.8) is 0 Å². The molecule has 8 nitrogen and oxygen atoms in total. The highest BCUT2D eigenvalue weighted by Gasteiger charge is 2.18. The van der Waals surface area contributed by atoms with Crippen LogP contribution in [-0.4, -0.2) is 48.6 Å². The Morgan fingerprint density at radius 2 is 1.97 bits per heavy atom. The molecule has 158 valence electrons. The van der Waals surface area contributed by atoms with E-state index in [1.54, 1.807) is 44.7 Å². The number of rotatable bonds is 9. The van der Waals surface area contributed by atoms with E-state index in [0.29, 0.717) is 35.9 Å². The van der Waals surface area contributed by atoms with Crippen molar-refractivity contribution in [2.24, 2.45) is 0 Å². The Balaban J connectivity index is 2.05. The third kappa shape index (κ3) is 4.38. The molecule has 0 amide bonds. The van der Waals surface area contributed by atoms with E-state index >= 15 is 0 Å². The fraction of sp³-hybridized carbons (Fsp3) is 0.273. The Morgan fingerprint density at radius 1 is 1.17 bits per heavy atom. The second-order valence-corrected chi connectivity index (χ2v) is 6.66. The van der Waals surface area contributed by atoms with E-state index < -0.39 is 5.97 Å². The molecule has 0 spiro atoms. The Morgan fingerprint density at radius 3 is 2.67 bits per heavy atom. The molecule has 3 aromatic rings. The number of nitrogens with one attached hydrogen (secondary N) is 1. The van der Waals surface area contributed by atoms with Gasteiger partial charge in [0.15, 0.2) is 11.5 Å². The molecule has 0 bridgehead atoms. The topological polar surface area (TPSA) is 110 Å². The number of fused-ring (bicyclic) bond motifs is 1. The van der Waals surface area contributed by atoms with Gasteiger partial charge in [-0.2, -0.15) is 0 Å². The van der Waals surface area contributed by atoms with Gasteiger partial charge in [0, 0.05) is 37.8 Å². The Hall–Kier alpha value is -3.52. The SMILES string of the molecule is COCCCOc1cc2ncc(C)c(Nc3cccc(O)c3C(=O)O)c2cc1OC. The first-order valence-electron chi connectivity index (χ1n) is 9.37. The first kappa shape index (κ1) is 21.2. The van der Waals surface area contributed by atoms with E-state index in [1.165, 1.54) is 6.07 Å². The number of benzene rings is 2. The van der Waals surface area contributed by atoms with E-state index in [4.69, 9.17) is 14.2 Å². The van der Waals surface area contributed by atoms with Crippen molar-refractivity contribution < 1.29 is 29.2 Å². The number of methoxy groups -OCH3 is 2. The molecule has 0 aliphatic carbocycles. The Bertz CT molecular complexity index is 1070. The Kier molecular flexibility index (Phi) is 6.58. The van der Waals surface area contributed by atoms with Crippen molar-refractivity contribution in [3.05, 3.63) is 47.7 Å². The maximum Gasteiger partial charge on any atom is 0.341 e. The van der Waals surface area contributed by atoms with E-state index in [0.717, 1.165) is 17.4 Å². The molecule has 0 unspecified atom stereocenters. The number of phenols is 1. The summed E-state index contributed by atoms with van der Waals surface area (Å²) in [7, 11) is 3.19. The monoisotopic (exact) mass is 412 g/mol. The van der Waals surface area contributed by atoms with Crippen LogP contribution in [0.3, 0.4) is 0 Å². The second kappa shape index (κ2) is 9.32. The minimum atomic E-state index is -1.23. The molecule has 3 rings (SSSR count). The third-order valence-electron chi connectivity index (χ3n) is 4.61. The van der Waals surface area contributed by atoms with Gasteiger partial charge in [0.05, 0.1) is 30.6 Å². The number of carbonyl (C=O) groups is 1. The van der Waals surface area contributed by atoms with Gasteiger partial charge in [0.25, 0.3) is 0 Å². The highest BCUT2D eigenvalue weighted by atomic mass is 16.5. The lowest BCUT2D eigenvalue weighted by molar-refractivity contribution is 0.0695. The maximum atomic E-state index is 11.6. The quantitative estimate of drug-likeness (QED) is 0.450. The van der Waals surface area contributed by atoms with Crippen LogP contribution in [0.15, 0.2) is 36.5 Å². The predicted octanol–water partition coefficient (Wildman–Crippen LogP) is 4.11. The number of hydrogen-bond acceptors (Lipinski definition) is 7. The number of nitrogens with zero attached hydrogens (tertiary/aromatic N) is 1. The largest absolute Gasteiger partial charge is 0.507 e. The molecule has 3 N–H and O–H groups in total. The molecule has 2 aromatic carbocycles. The summed E-state index contributed by atoms with van der Waals surface area (Å²) in [6.45, 7) is 2.93. The molecule has 30 heavy (non-hydrogen) atoms. The molecular formula is C22H24N2O6. The van der Waals surface area contributed by atoms with Gasteiger partial charge in [0.2, 0.25) is 0 Å². The summed E-state index contributed by atoms with van der Waals surface area (Å²) in [5.74, 6) is -0.444. The molecule has 0 fully saturated rings. The minimum absolute atomic E-state index is 0.202. The van der Waals surface area contributed by atoms with Gasteiger partial charge in [0.1, 0.15) is 11.3 Å². The summed E-state index contributed by atoms with van der Waals surface area (Å²) >= 11 is 0. The second-order valence-electron chi connectivity index (χ2n) is 6.66. The number of hydrogen-bond donors (Lipinski definition) is 3. The number of ether oxygens (including phenoxy) is 3. The van der Waals surface area contributed by atoms with Gasteiger partial charge in [-0.25, -0.2) is 4.79 Å². The van der Waals surface area contributed by atoms with Gasteiger partial charge in [-0.3, -0.25) is 4.98 Å². The normalized spacial score (nSPS) is 10.8. The van der Waals surface area contributed by atoms with Crippen LogP contribution < -0.4 is 14.8 Å². The summed E-state index contributed by atoms with van der Waals surface area (Å²) in [4.78, 5) is 16.1. The number of carboxylic acids is 1. The van der Waals surface area contributed by atoms with Crippen LogP contribution in [0.4, 0.5) is 11.4 Å². The fourth-order valence-electron chi connectivity index (χ4n) is 3.13. The van der Waals surface area contributed by atoms with Crippen molar-refractivity contribution in [1.82, 2.24) is 4.98 Å². The van der Waals surface area contributed by atoms with Crippen LogP contribution in [0.5, 0.6) is 17.2 Å². The lowest BCUT2D eigenvalue weighted by Gasteiger charge is -2.17. The average molecular weight is 412 g/mol. The number of anilines is 2. The lowest BCUT2D eigenvalue weighted by atomic mass is 10.1. The molecule has 1 heterocycles. The van der Waals surface area contributed by atoms with Gasteiger partial charge >= 0.3 is 5.97 Å². The zero-order valence-corrected chi connectivity index (χ0v) is 17.1. The number of aromatic carboxylic acids is 1. The van der Waals surface area contributed by atoms with Crippen LogP contribution >= 0.6 is 0 Å². The molecular weight excluding hydrogens is 388 g/mol. The van der Waals surface area contributed by atoms with Crippen LogP contribution in [0.1, 0.15) is 22.3 Å². The van der Waals surface area contributed by atoms with Gasteiger partial charge in [-0.05, 0) is 30.7 Å². The number of carboxylic acid groups (broad SMARTS) is 1. The minimum Gasteiger partial charge on any atom is -0.507 e. The summed E-state index contributed by atoms with van der Waals surface area (Å²) in [5, 5.41) is 23.3. The van der Waals surface area contributed by atoms with Crippen LogP contribution in [0, 0.1) is 6.92 Å². The summed E-state index contributed by atoms with van der Waals surface area (Å²) in [6, 6.07) is 8.09. The molecule has 0 atom stereocenters. The summed E-state index contributed by atoms with van der Waals surface area (Å²) < 4.78 is 16.3. The highest BCUT2D eigenvalue weighted by Crippen LogP contribution is 2.38. The van der Waals surface area contributed by atoms with Gasteiger partial charge < -0.3 is 29.7 Å². The standard InChI is InChI=1S/C22H24N2O6/c1-13-12-23-16-11-19(30-9-5-8-28-2)18(29-3)10-14(16)21(13)24-15-6-4-7-17(25)20(15)22(26)27/h4,6-7,10-12,25H,5,8-9H2,1-3H3,(H,23,24)(H,26,27). The highest BCUT2D eigenvalue weighted by molar-refractivity contribution is 6.01. The predicted molar refractivity (Wildman–Crippen MR) is 113 cm³/mol. The molecule has 0 radical (unpaired) electrons. The van der Waals surface area contributed by atoms with E-state index in [2.05, 4.69) is 10.3 Å². The smallest absolute Gasteiger partial charge is 0.341 e. The molecule has 0 aliphatic rings. The maximum absolute atomic E-state index is 11.6. The van der Waals surface area contributed by atoms with Crippen molar-refractivity contribution in [3.8, 4) is 17.2 Å². The molecule has 1 aromatic heterocycles. The fourth-order valence-corrected chi connectivity index (χ4v) is 3.13. The van der Waals surface area contributed by atoms with Crippen molar-refractivity contribution in [2.75, 3.05) is 32.8 Å². The lowest BCUT2D eigenvalue weighted by Crippen LogP contribution is -2.05. The number of pyridine rings is 1. The zero-order valence-electron chi connectivity index (χ0n) is 17.1. The van der Waals surface area contributed by atoms with Crippen molar-refractivity contribution in [1.29, 1.82) is 0 Å². The van der Waals surface area contributed by atoms with E-state index in [1.807, 2.05) is 6.92 Å². The number of aryl methyl sites for hydroxylation is 1.